The number of hydrogen-bond donors (Lipinski definition) is 3. The number of aromatic hydroxyl groups is 1. The van der Waals surface area contributed by atoms with E-state index in [0.29, 0.717) is 11.1 Å². The number of nitrogens with two attached hydrogens (primary N) is 2. The second-order valence-electron chi connectivity index (χ2n) is 3.61. The molecule has 0 heterocycles. The van der Waals surface area contributed by atoms with Crippen LogP contribution in [-0.4, -0.2) is 24.0 Å². The third-order valence-electron chi connectivity index (χ3n) is 2.20. The van der Waals surface area contributed by atoms with Gasteiger partial charge in [-0.05, 0) is 23.8 Å². The van der Waals surface area contributed by atoms with E-state index in [1.165, 1.54) is 31.4 Å². The maximum absolute atomic E-state index is 10.9. The minimum atomic E-state index is -0.599. The molecule has 0 saturated heterocycles. The number of phenolic OH excluding ortho intramolecular Hbond substituents is 1. The number of hydrogen-bond acceptors (Lipinski definition) is 4. The summed E-state index contributed by atoms with van der Waals surface area (Å²) in [7, 11) is 1.38. The topological polar surface area (TPSA) is 116 Å². The fourth-order valence-electron chi connectivity index (χ4n) is 1.44. The summed E-state index contributed by atoms with van der Waals surface area (Å²) in [5, 5.41) is 9.79. The summed E-state index contributed by atoms with van der Waals surface area (Å²) in [4.78, 5) is 21.5. The normalized spacial score (nSPS) is 10.5. The summed E-state index contributed by atoms with van der Waals surface area (Å²) in [6.45, 7) is 0. The van der Waals surface area contributed by atoms with Gasteiger partial charge in [-0.25, -0.2) is 0 Å². The van der Waals surface area contributed by atoms with E-state index in [1.807, 2.05) is 0 Å². The Kier molecular flexibility index (Phi) is 4.31. The third kappa shape index (κ3) is 3.51. The van der Waals surface area contributed by atoms with E-state index in [0.717, 1.165) is 0 Å². The van der Waals surface area contributed by atoms with Crippen molar-refractivity contribution >= 4 is 17.9 Å². The molecule has 0 aliphatic heterocycles. The number of methoxy groups -OCH3 is 1. The average molecular weight is 250 g/mol. The SMILES string of the molecule is COc1cc(/C=C/C(N)=O)cc(CC(N)=O)c1O. The van der Waals surface area contributed by atoms with Gasteiger partial charge in [-0.2, -0.15) is 0 Å². The van der Waals surface area contributed by atoms with Gasteiger partial charge in [0.2, 0.25) is 11.8 Å². The highest BCUT2D eigenvalue weighted by atomic mass is 16.5. The van der Waals surface area contributed by atoms with Crippen LogP contribution in [0.25, 0.3) is 6.08 Å². The molecule has 18 heavy (non-hydrogen) atoms. The van der Waals surface area contributed by atoms with Gasteiger partial charge in [-0.1, -0.05) is 0 Å². The van der Waals surface area contributed by atoms with E-state index in [4.69, 9.17) is 16.2 Å². The zero-order valence-corrected chi connectivity index (χ0v) is 9.84. The van der Waals surface area contributed by atoms with Crippen molar-refractivity contribution in [2.24, 2.45) is 11.5 Å². The van der Waals surface area contributed by atoms with Crippen molar-refractivity contribution in [1.82, 2.24) is 0 Å². The average Bonchev–Trinajstić information content (AvgIpc) is 2.29. The molecule has 0 bridgehead atoms. The number of carbonyl (C=O) groups is 2. The lowest BCUT2D eigenvalue weighted by Crippen LogP contribution is -2.14. The molecule has 5 N–H and O–H groups in total. The standard InChI is InChI=1S/C12H14N2O4/c1-18-9-5-7(2-3-10(13)15)4-8(12(9)17)6-11(14)16/h2-5,17H,6H2,1H3,(H2,13,15)(H2,14,16)/b3-2+. The fraction of sp³-hybridized carbons (Fsp3) is 0.167. The van der Waals surface area contributed by atoms with Crippen molar-refractivity contribution in [3.63, 3.8) is 0 Å². The largest absolute Gasteiger partial charge is 0.504 e. The monoisotopic (exact) mass is 250 g/mol. The first-order valence-corrected chi connectivity index (χ1v) is 5.09. The van der Waals surface area contributed by atoms with Gasteiger partial charge in [-0.15, -0.1) is 0 Å². The quantitative estimate of drug-likeness (QED) is 0.634. The highest BCUT2D eigenvalue weighted by Gasteiger charge is 2.11. The van der Waals surface area contributed by atoms with Crippen molar-refractivity contribution in [2.45, 2.75) is 6.42 Å². The second kappa shape index (κ2) is 5.72. The number of amides is 2. The Morgan fingerprint density at radius 2 is 2.06 bits per heavy atom. The van der Waals surface area contributed by atoms with Crippen LogP contribution in [0.1, 0.15) is 11.1 Å². The van der Waals surface area contributed by atoms with Crippen LogP contribution in [0.2, 0.25) is 0 Å². The number of primary amides is 2. The van der Waals surface area contributed by atoms with E-state index < -0.39 is 11.8 Å². The number of carbonyl (C=O) groups excluding carboxylic acids is 2. The molecule has 0 aliphatic rings. The Balaban J connectivity index is 3.21. The molecule has 1 aromatic rings. The van der Waals surface area contributed by atoms with E-state index >= 15 is 0 Å². The van der Waals surface area contributed by atoms with E-state index in [-0.39, 0.29) is 17.9 Å². The molecule has 96 valence electrons. The third-order valence-corrected chi connectivity index (χ3v) is 2.20. The molecule has 0 unspecified atom stereocenters. The smallest absolute Gasteiger partial charge is 0.241 e. The fourth-order valence-corrected chi connectivity index (χ4v) is 1.44. The highest BCUT2D eigenvalue weighted by Crippen LogP contribution is 2.32. The maximum atomic E-state index is 10.9. The summed E-state index contributed by atoms with van der Waals surface area (Å²) in [6.07, 6.45) is 2.50. The van der Waals surface area contributed by atoms with Crippen LogP contribution in [0, 0.1) is 0 Å². The van der Waals surface area contributed by atoms with Gasteiger partial charge in [0.25, 0.3) is 0 Å². The van der Waals surface area contributed by atoms with Crippen LogP contribution in [0.15, 0.2) is 18.2 Å². The summed E-state index contributed by atoms with van der Waals surface area (Å²) in [5.41, 5.74) is 10.9. The molecule has 0 spiro atoms. The minimum absolute atomic E-state index is 0.125. The van der Waals surface area contributed by atoms with Crippen LogP contribution in [-0.2, 0) is 16.0 Å². The molecule has 2 amide bonds. The first-order valence-electron chi connectivity index (χ1n) is 5.09. The molecule has 6 nitrogen and oxygen atoms in total. The lowest BCUT2D eigenvalue weighted by Gasteiger charge is -2.09. The minimum Gasteiger partial charge on any atom is -0.504 e. The van der Waals surface area contributed by atoms with Gasteiger partial charge in [0, 0.05) is 11.6 Å². The van der Waals surface area contributed by atoms with Crippen molar-refractivity contribution in [3.8, 4) is 11.5 Å². The molecular formula is C12H14N2O4. The Labute approximate surface area is 104 Å². The van der Waals surface area contributed by atoms with E-state index in [9.17, 15) is 14.7 Å². The number of benzene rings is 1. The van der Waals surface area contributed by atoms with E-state index in [1.54, 1.807) is 0 Å². The molecule has 0 aliphatic carbocycles. The molecule has 0 fully saturated rings. The predicted molar refractivity (Wildman–Crippen MR) is 65.8 cm³/mol. The number of ether oxygens (including phenoxy) is 1. The second-order valence-corrected chi connectivity index (χ2v) is 3.61. The Hall–Kier alpha value is -2.50. The van der Waals surface area contributed by atoms with Crippen LogP contribution >= 0.6 is 0 Å². The van der Waals surface area contributed by atoms with Gasteiger partial charge in [-0.3, -0.25) is 9.59 Å². The zero-order chi connectivity index (χ0) is 13.7. The van der Waals surface area contributed by atoms with Crippen molar-refractivity contribution < 1.29 is 19.4 Å². The molecular weight excluding hydrogens is 236 g/mol. The number of rotatable bonds is 5. The van der Waals surface area contributed by atoms with Crippen LogP contribution in [0.4, 0.5) is 0 Å². The molecule has 1 rings (SSSR count). The summed E-state index contributed by atoms with van der Waals surface area (Å²) in [6, 6.07) is 3.04. The van der Waals surface area contributed by atoms with Gasteiger partial charge < -0.3 is 21.3 Å². The van der Waals surface area contributed by atoms with Crippen molar-refractivity contribution in [2.75, 3.05) is 7.11 Å². The van der Waals surface area contributed by atoms with Crippen molar-refractivity contribution in [3.05, 3.63) is 29.3 Å². The first kappa shape index (κ1) is 13.6. The van der Waals surface area contributed by atoms with Crippen molar-refractivity contribution in [1.29, 1.82) is 0 Å². The Morgan fingerprint density at radius 1 is 1.39 bits per heavy atom. The molecule has 0 radical (unpaired) electrons. The number of phenols is 1. The van der Waals surface area contributed by atoms with Gasteiger partial charge >= 0.3 is 0 Å². The molecule has 6 heteroatoms. The summed E-state index contributed by atoms with van der Waals surface area (Å²) < 4.78 is 4.96. The lowest BCUT2D eigenvalue weighted by atomic mass is 10.0. The summed E-state index contributed by atoms with van der Waals surface area (Å²) in [5.74, 6) is -1.13. The maximum Gasteiger partial charge on any atom is 0.241 e. The van der Waals surface area contributed by atoms with Gasteiger partial charge in [0.05, 0.1) is 13.5 Å². The van der Waals surface area contributed by atoms with Crippen LogP contribution in [0.3, 0.4) is 0 Å². The molecule has 1 aromatic carbocycles. The Morgan fingerprint density at radius 3 is 2.56 bits per heavy atom. The summed E-state index contributed by atoms with van der Waals surface area (Å²) >= 11 is 0. The molecule has 0 atom stereocenters. The highest BCUT2D eigenvalue weighted by molar-refractivity contribution is 5.90. The van der Waals surface area contributed by atoms with Crippen LogP contribution in [0.5, 0.6) is 11.5 Å². The van der Waals surface area contributed by atoms with Gasteiger partial charge in [0.1, 0.15) is 0 Å². The molecule has 0 saturated carbocycles. The molecule has 0 aromatic heterocycles. The Bertz CT molecular complexity index is 509. The lowest BCUT2D eigenvalue weighted by molar-refractivity contribution is -0.117. The van der Waals surface area contributed by atoms with Crippen LogP contribution < -0.4 is 16.2 Å². The predicted octanol–water partition coefficient (Wildman–Crippen LogP) is -0.0729. The van der Waals surface area contributed by atoms with E-state index in [2.05, 4.69) is 0 Å². The van der Waals surface area contributed by atoms with Gasteiger partial charge in [0.15, 0.2) is 11.5 Å². The first-order chi connectivity index (χ1) is 8.43. The zero-order valence-electron chi connectivity index (χ0n) is 9.84.